The number of benzene rings is 4. The average molecular weight is 519 g/mol. The molecule has 39 heavy (non-hydrogen) atoms. The molecule has 1 fully saturated rings. The highest BCUT2D eigenvalue weighted by molar-refractivity contribution is 5.99. The van der Waals surface area contributed by atoms with Gasteiger partial charge in [-0.2, -0.15) is 10.5 Å². The first kappa shape index (κ1) is 26.0. The standard InChI is InChI=1S/C33H24F2N2O2/c34-26-15-11-22(12-16-26)28-19-33(39,25-9-5-2-6-10-25)30(31(38)24-7-3-1-4-8-24)29(32(28,20-36)21-37)23-13-17-27(35)18-14-23/h1-18,28-30,39H,19H2/t28-,29-,30-,33-/m1/s1. The van der Waals surface area contributed by atoms with Gasteiger partial charge in [0, 0.05) is 17.4 Å². The lowest BCUT2D eigenvalue weighted by Crippen LogP contribution is -2.55. The van der Waals surface area contributed by atoms with Gasteiger partial charge >= 0.3 is 0 Å². The number of hydrogen-bond donors (Lipinski definition) is 1. The van der Waals surface area contributed by atoms with Crippen LogP contribution in [0.4, 0.5) is 8.78 Å². The van der Waals surface area contributed by atoms with E-state index in [1.165, 1.54) is 48.5 Å². The fourth-order valence-electron chi connectivity index (χ4n) is 6.05. The van der Waals surface area contributed by atoms with Crippen LogP contribution in [0.1, 0.15) is 45.3 Å². The van der Waals surface area contributed by atoms with Crippen LogP contribution in [0.25, 0.3) is 0 Å². The molecule has 6 heteroatoms. The molecule has 0 aromatic heterocycles. The fraction of sp³-hybridized carbons (Fsp3) is 0.182. The molecule has 1 N–H and O–H groups in total. The summed E-state index contributed by atoms with van der Waals surface area (Å²) in [6, 6.07) is 32.3. The number of rotatable bonds is 5. The monoisotopic (exact) mass is 518 g/mol. The number of Topliss-reactive ketones (excluding diaryl/α,β-unsaturated/α-hetero) is 1. The summed E-state index contributed by atoms with van der Waals surface area (Å²) in [5, 5.41) is 34.1. The Labute approximate surface area is 225 Å². The number of halogens is 2. The van der Waals surface area contributed by atoms with E-state index in [1.54, 1.807) is 60.7 Å². The Bertz CT molecular complexity index is 1550. The molecular formula is C33H24F2N2O2. The van der Waals surface area contributed by atoms with Crippen LogP contribution in [0.2, 0.25) is 0 Å². The van der Waals surface area contributed by atoms with Crippen molar-refractivity contribution in [2.24, 2.45) is 11.3 Å². The van der Waals surface area contributed by atoms with Gasteiger partial charge in [-0.15, -0.1) is 0 Å². The second kappa shape index (κ2) is 10.3. The minimum Gasteiger partial charge on any atom is -0.384 e. The zero-order valence-electron chi connectivity index (χ0n) is 20.8. The third-order valence-electron chi connectivity index (χ3n) is 7.89. The van der Waals surface area contributed by atoms with Crippen molar-refractivity contribution in [2.45, 2.75) is 23.9 Å². The highest BCUT2D eigenvalue weighted by atomic mass is 19.1. The number of ketones is 1. The van der Waals surface area contributed by atoms with E-state index in [-0.39, 0.29) is 6.42 Å². The van der Waals surface area contributed by atoms with E-state index >= 15 is 0 Å². The zero-order valence-corrected chi connectivity index (χ0v) is 20.8. The van der Waals surface area contributed by atoms with Gasteiger partial charge in [0.2, 0.25) is 0 Å². The summed E-state index contributed by atoms with van der Waals surface area (Å²) in [6.45, 7) is 0. The van der Waals surface area contributed by atoms with Crippen LogP contribution >= 0.6 is 0 Å². The summed E-state index contributed by atoms with van der Waals surface area (Å²) in [5.41, 5.74) is -2.08. The number of nitrogens with zero attached hydrogens (tertiary/aromatic N) is 2. The molecule has 0 saturated heterocycles. The van der Waals surface area contributed by atoms with Gasteiger partial charge in [-0.25, -0.2) is 8.78 Å². The Kier molecular flexibility index (Phi) is 6.83. The summed E-state index contributed by atoms with van der Waals surface area (Å²) in [7, 11) is 0. The average Bonchev–Trinajstić information content (AvgIpc) is 2.98. The van der Waals surface area contributed by atoms with Gasteiger partial charge in [0.15, 0.2) is 11.2 Å². The van der Waals surface area contributed by atoms with Crippen molar-refractivity contribution in [1.29, 1.82) is 10.5 Å². The molecule has 0 heterocycles. The number of hydrogen-bond acceptors (Lipinski definition) is 4. The number of carbonyl (C=O) groups excluding carboxylic acids is 1. The first-order valence-electron chi connectivity index (χ1n) is 12.5. The lowest BCUT2D eigenvalue weighted by atomic mass is 9.48. The molecule has 4 aromatic rings. The van der Waals surface area contributed by atoms with Crippen molar-refractivity contribution in [3.8, 4) is 12.1 Å². The number of aliphatic hydroxyl groups is 1. The van der Waals surface area contributed by atoms with Crippen LogP contribution in [0, 0.1) is 45.6 Å². The van der Waals surface area contributed by atoms with Crippen LogP contribution in [0.3, 0.4) is 0 Å². The minimum absolute atomic E-state index is 0.148. The summed E-state index contributed by atoms with van der Waals surface area (Å²) < 4.78 is 27.9. The predicted octanol–water partition coefficient (Wildman–Crippen LogP) is 6.66. The summed E-state index contributed by atoms with van der Waals surface area (Å²) in [5.74, 6) is -4.79. The van der Waals surface area contributed by atoms with Crippen LogP contribution in [-0.2, 0) is 5.60 Å². The molecule has 4 aromatic carbocycles. The summed E-state index contributed by atoms with van der Waals surface area (Å²) >= 11 is 0. The van der Waals surface area contributed by atoms with Crippen LogP contribution < -0.4 is 0 Å². The fourth-order valence-corrected chi connectivity index (χ4v) is 6.05. The molecule has 1 saturated carbocycles. The molecule has 0 unspecified atom stereocenters. The van der Waals surface area contributed by atoms with Crippen molar-refractivity contribution in [1.82, 2.24) is 0 Å². The molecule has 1 aliphatic rings. The molecule has 5 rings (SSSR count). The molecule has 4 nitrogen and oxygen atoms in total. The Hall–Kier alpha value is -4.65. The Morgan fingerprint density at radius 1 is 0.744 bits per heavy atom. The molecule has 0 aliphatic heterocycles. The van der Waals surface area contributed by atoms with Crippen LogP contribution in [0.15, 0.2) is 109 Å². The summed E-state index contributed by atoms with van der Waals surface area (Å²) in [6.07, 6.45) is -0.148. The lowest BCUT2D eigenvalue weighted by molar-refractivity contribution is -0.0783. The zero-order chi connectivity index (χ0) is 27.6. The molecule has 4 atom stereocenters. The van der Waals surface area contributed by atoms with Gasteiger partial charge in [-0.05, 0) is 47.4 Å². The minimum atomic E-state index is -1.86. The van der Waals surface area contributed by atoms with Crippen LogP contribution in [0.5, 0.6) is 0 Å². The van der Waals surface area contributed by atoms with E-state index in [0.29, 0.717) is 22.3 Å². The second-order valence-corrected chi connectivity index (χ2v) is 9.93. The maximum atomic E-state index is 14.3. The van der Waals surface area contributed by atoms with Crippen molar-refractivity contribution in [2.75, 3.05) is 0 Å². The van der Waals surface area contributed by atoms with Gasteiger partial charge in [-0.3, -0.25) is 4.79 Å². The SMILES string of the molecule is N#CC1(C#N)[C@@H](c2ccc(F)cc2)C[C@@](O)(c2ccccc2)[C@@H](C(=O)c2ccccc2)[C@H]1c1ccc(F)cc1. The van der Waals surface area contributed by atoms with Gasteiger partial charge in [0.1, 0.15) is 17.2 Å². The molecular weight excluding hydrogens is 494 g/mol. The van der Waals surface area contributed by atoms with E-state index in [0.717, 1.165) is 0 Å². The quantitative estimate of drug-likeness (QED) is 0.300. The van der Waals surface area contributed by atoms with E-state index in [1.807, 2.05) is 0 Å². The largest absolute Gasteiger partial charge is 0.384 e. The highest BCUT2D eigenvalue weighted by Crippen LogP contribution is 2.63. The van der Waals surface area contributed by atoms with E-state index in [2.05, 4.69) is 12.1 Å². The maximum absolute atomic E-state index is 14.3. The molecule has 0 spiro atoms. The van der Waals surface area contributed by atoms with Crippen molar-refractivity contribution >= 4 is 5.78 Å². The maximum Gasteiger partial charge on any atom is 0.169 e. The van der Waals surface area contributed by atoms with E-state index < -0.39 is 46.2 Å². The molecule has 0 radical (unpaired) electrons. The Morgan fingerprint density at radius 2 is 1.23 bits per heavy atom. The summed E-state index contributed by atoms with van der Waals surface area (Å²) in [4.78, 5) is 14.3. The van der Waals surface area contributed by atoms with Crippen molar-refractivity contribution in [3.05, 3.63) is 143 Å². The van der Waals surface area contributed by atoms with Crippen molar-refractivity contribution in [3.63, 3.8) is 0 Å². The lowest BCUT2D eigenvalue weighted by Gasteiger charge is -2.53. The molecule has 1 aliphatic carbocycles. The van der Waals surface area contributed by atoms with E-state index in [4.69, 9.17) is 0 Å². The van der Waals surface area contributed by atoms with Gasteiger partial charge in [-0.1, -0.05) is 84.9 Å². The second-order valence-electron chi connectivity index (χ2n) is 9.93. The predicted molar refractivity (Wildman–Crippen MR) is 141 cm³/mol. The Balaban J connectivity index is 1.85. The molecule has 192 valence electrons. The number of nitriles is 2. The molecule has 0 amide bonds. The number of carbonyl (C=O) groups is 1. The third-order valence-corrected chi connectivity index (χ3v) is 7.89. The highest BCUT2D eigenvalue weighted by Gasteiger charge is 2.64. The van der Waals surface area contributed by atoms with E-state index in [9.17, 15) is 29.2 Å². The van der Waals surface area contributed by atoms with Gasteiger partial charge in [0.05, 0.1) is 18.1 Å². The van der Waals surface area contributed by atoms with Gasteiger partial charge < -0.3 is 5.11 Å². The molecule has 0 bridgehead atoms. The van der Waals surface area contributed by atoms with Crippen LogP contribution in [-0.4, -0.2) is 10.9 Å². The normalized spacial score (nSPS) is 23.8. The first-order chi connectivity index (χ1) is 18.8. The third kappa shape index (κ3) is 4.40. The smallest absolute Gasteiger partial charge is 0.169 e. The van der Waals surface area contributed by atoms with Crippen molar-refractivity contribution < 1.29 is 18.7 Å². The van der Waals surface area contributed by atoms with Gasteiger partial charge in [0.25, 0.3) is 0 Å². The Morgan fingerprint density at radius 3 is 1.74 bits per heavy atom. The topological polar surface area (TPSA) is 84.9 Å². The first-order valence-corrected chi connectivity index (χ1v) is 12.5.